The molecule has 0 aliphatic carbocycles. The fourth-order valence-corrected chi connectivity index (χ4v) is 1.88. The van der Waals surface area contributed by atoms with Gasteiger partial charge in [-0.2, -0.15) is 0 Å². The Morgan fingerprint density at radius 3 is 2.88 bits per heavy atom. The fraction of sp³-hybridized carbons (Fsp3) is 0.300. The Balaban J connectivity index is 2.58. The summed E-state index contributed by atoms with van der Waals surface area (Å²) in [7, 11) is 0. The molecular weight excluding hydrogens is 228 g/mol. The van der Waals surface area contributed by atoms with Crippen molar-refractivity contribution in [3.05, 3.63) is 28.7 Å². The lowest BCUT2D eigenvalue weighted by Crippen LogP contribution is -2.26. The van der Waals surface area contributed by atoms with Crippen molar-refractivity contribution < 1.29 is 14.7 Å². The van der Waals surface area contributed by atoms with Crippen LogP contribution in [0.15, 0.2) is 23.7 Å². The number of thiazole rings is 1. The van der Waals surface area contributed by atoms with E-state index < -0.39 is 11.9 Å². The summed E-state index contributed by atoms with van der Waals surface area (Å²) in [5, 5.41) is 13.7. The first-order valence-electron chi connectivity index (χ1n) is 4.74. The Labute approximate surface area is 96.8 Å². The van der Waals surface area contributed by atoms with E-state index in [4.69, 9.17) is 5.11 Å². The van der Waals surface area contributed by atoms with Gasteiger partial charge in [0, 0.05) is 23.7 Å². The van der Waals surface area contributed by atoms with Gasteiger partial charge in [-0.05, 0) is 6.42 Å². The van der Waals surface area contributed by atoms with Gasteiger partial charge in [0.15, 0.2) is 0 Å². The second-order valence-electron chi connectivity index (χ2n) is 3.01. The third-order valence-corrected chi connectivity index (χ3v) is 2.74. The quantitative estimate of drug-likeness (QED) is 0.761. The number of aromatic nitrogens is 1. The second kappa shape index (κ2) is 6.02. The van der Waals surface area contributed by atoms with Crippen LogP contribution in [-0.4, -0.2) is 22.0 Å². The molecule has 1 rings (SSSR count). The maximum Gasteiger partial charge on any atom is 0.328 e. The zero-order valence-electron chi connectivity index (χ0n) is 8.71. The van der Waals surface area contributed by atoms with Gasteiger partial charge in [-0.15, -0.1) is 11.3 Å². The Morgan fingerprint density at radius 2 is 2.38 bits per heavy atom. The molecule has 1 aromatic rings. The average Bonchev–Trinajstić information content (AvgIpc) is 2.76. The Kier molecular flexibility index (Phi) is 4.65. The van der Waals surface area contributed by atoms with Crippen LogP contribution in [0.4, 0.5) is 0 Å². The van der Waals surface area contributed by atoms with Gasteiger partial charge in [0.05, 0.1) is 6.04 Å². The minimum atomic E-state index is -1.14. The van der Waals surface area contributed by atoms with E-state index in [1.165, 1.54) is 11.3 Å². The zero-order valence-corrected chi connectivity index (χ0v) is 9.53. The zero-order chi connectivity index (χ0) is 12.0. The Morgan fingerprint density at radius 1 is 1.62 bits per heavy atom. The van der Waals surface area contributed by atoms with Gasteiger partial charge in [0.25, 0.3) is 0 Å². The van der Waals surface area contributed by atoms with Crippen LogP contribution in [0, 0.1) is 0 Å². The number of rotatable bonds is 5. The molecule has 1 aromatic heterocycles. The van der Waals surface area contributed by atoms with Crippen LogP contribution in [0.3, 0.4) is 0 Å². The molecule has 16 heavy (non-hydrogen) atoms. The topological polar surface area (TPSA) is 79.3 Å². The highest BCUT2D eigenvalue weighted by Gasteiger charge is 2.13. The molecule has 0 fully saturated rings. The van der Waals surface area contributed by atoms with Crippen LogP contribution in [0.1, 0.15) is 24.4 Å². The van der Waals surface area contributed by atoms with Gasteiger partial charge in [-0.3, -0.25) is 4.79 Å². The monoisotopic (exact) mass is 240 g/mol. The maximum atomic E-state index is 11.3. The molecule has 0 saturated heterocycles. The minimum absolute atomic E-state index is 0.161. The number of hydrogen-bond donors (Lipinski definition) is 2. The normalized spacial score (nSPS) is 12.6. The van der Waals surface area contributed by atoms with Crippen LogP contribution in [-0.2, 0) is 9.59 Å². The molecule has 0 aliphatic heterocycles. The molecule has 1 atom stereocenters. The van der Waals surface area contributed by atoms with E-state index in [-0.39, 0.29) is 6.04 Å². The van der Waals surface area contributed by atoms with Crippen LogP contribution < -0.4 is 5.32 Å². The summed E-state index contributed by atoms with van der Waals surface area (Å²) in [5.74, 6) is -1.57. The molecule has 5 nitrogen and oxygen atoms in total. The minimum Gasteiger partial charge on any atom is -0.478 e. The van der Waals surface area contributed by atoms with Gasteiger partial charge in [0.2, 0.25) is 5.91 Å². The number of nitrogens with one attached hydrogen (secondary N) is 1. The average molecular weight is 240 g/mol. The van der Waals surface area contributed by atoms with Gasteiger partial charge < -0.3 is 10.4 Å². The lowest BCUT2D eigenvalue weighted by molar-refractivity contribution is -0.131. The van der Waals surface area contributed by atoms with Crippen LogP contribution >= 0.6 is 11.3 Å². The fourth-order valence-electron chi connectivity index (χ4n) is 1.11. The van der Waals surface area contributed by atoms with Crippen molar-refractivity contribution in [2.45, 2.75) is 19.4 Å². The predicted octanol–water partition coefficient (Wildman–Crippen LogP) is 1.35. The summed E-state index contributed by atoms with van der Waals surface area (Å²) in [4.78, 5) is 25.6. The van der Waals surface area contributed by atoms with Crippen molar-refractivity contribution in [3.8, 4) is 0 Å². The molecular formula is C10H12N2O3S. The molecule has 0 bridgehead atoms. The summed E-state index contributed by atoms with van der Waals surface area (Å²) < 4.78 is 0. The highest BCUT2D eigenvalue weighted by Crippen LogP contribution is 2.18. The molecule has 0 radical (unpaired) electrons. The summed E-state index contributed by atoms with van der Waals surface area (Å²) >= 11 is 1.46. The van der Waals surface area contributed by atoms with Gasteiger partial charge >= 0.3 is 5.97 Å². The summed E-state index contributed by atoms with van der Waals surface area (Å²) in [6.45, 7) is 1.92. The number of amides is 1. The highest BCUT2D eigenvalue weighted by atomic mass is 32.1. The first kappa shape index (κ1) is 12.4. The van der Waals surface area contributed by atoms with Crippen LogP contribution in [0.2, 0.25) is 0 Å². The molecule has 0 spiro atoms. The number of aliphatic carboxylic acids is 1. The number of hydrogen-bond acceptors (Lipinski definition) is 4. The molecule has 6 heteroatoms. The van der Waals surface area contributed by atoms with Crippen molar-refractivity contribution in [2.75, 3.05) is 0 Å². The Hall–Kier alpha value is -1.69. The van der Waals surface area contributed by atoms with Crippen molar-refractivity contribution in [1.29, 1.82) is 0 Å². The second-order valence-corrected chi connectivity index (χ2v) is 3.94. The maximum absolute atomic E-state index is 11.3. The third kappa shape index (κ3) is 3.82. The molecule has 2 N–H and O–H groups in total. The summed E-state index contributed by atoms with van der Waals surface area (Å²) in [6, 6.07) is -0.161. The Bertz CT molecular complexity index is 387. The summed E-state index contributed by atoms with van der Waals surface area (Å²) in [6.07, 6.45) is 4.19. The van der Waals surface area contributed by atoms with Crippen molar-refractivity contribution in [2.24, 2.45) is 0 Å². The number of carboxylic acid groups (broad SMARTS) is 1. The third-order valence-electron chi connectivity index (χ3n) is 1.85. The SMILES string of the molecule is CCC(NC(=O)C=CC(=O)O)c1nccs1. The van der Waals surface area contributed by atoms with E-state index in [0.717, 1.165) is 17.2 Å². The van der Waals surface area contributed by atoms with Gasteiger partial charge in [0.1, 0.15) is 5.01 Å². The largest absolute Gasteiger partial charge is 0.478 e. The van der Waals surface area contributed by atoms with Crippen molar-refractivity contribution in [1.82, 2.24) is 10.3 Å². The smallest absolute Gasteiger partial charge is 0.328 e. The first-order chi connectivity index (χ1) is 7.63. The molecule has 1 heterocycles. The van der Waals surface area contributed by atoms with Crippen molar-refractivity contribution in [3.63, 3.8) is 0 Å². The van der Waals surface area contributed by atoms with E-state index in [0.29, 0.717) is 6.42 Å². The molecule has 86 valence electrons. The highest BCUT2D eigenvalue weighted by molar-refractivity contribution is 7.09. The van der Waals surface area contributed by atoms with Gasteiger partial charge in [-0.25, -0.2) is 9.78 Å². The van der Waals surface area contributed by atoms with Crippen molar-refractivity contribution >= 4 is 23.2 Å². The first-order valence-corrected chi connectivity index (χ1v) is 5.62. The lowest BCUT2D eigenvalue weighted by Gasteiger charge is -2.12. The number of carbonyl (C=O) groups excluding carboxylic acids is 1. The summed E-state index contributed by atoms with van der Waals surface area (Å²) in [5.41, 5.74) is 0. The van der Waals surface area contributed by atoms with E-state index in [1.807, 2.05) is 12.3 Å². The van der Waals surface area contributed by atoms with E-state index >= 15 is 0 Å². The predicted molar refractivity (Wildman–Crippen MR) is 60.1 cm³/mol. The lowest BCUT2D eigenvalue weighted by atomic mass is 10.2. The number of nitrogens with zero attached hydrogens (tertiary/aromatic N) is 1. The van der Waals surface area contributed by atoms with E-state index in [2.05, 4.69) is 10.3 Å². The molecule has 0 saturated carbocycles. The standard InChI is InChI=1S/C10H12N2O3S/c1-2-7(10-11-5-6-16-10)12-8(13)3-4-9(14)15/h3-7H,2H2,1H3,(H,12,13)(H,14,15). The number of carboxylic acids is 1. The molecule has 0 aromatic carbocycles. The molecule has 1 amide bonds. The van der Waals surface area contributed by atoms with Gasteiger partial charge in [-0.1, -0.05) is 6.92 Å². The number of carbonyl (C=O) groups is 2. The molecule has 1 unspecified atom stereocenters. The van der Waals surface area contributed by atoms with Crippen LogP contribution in [0.5, 0.6) is 0 Å². The van der Waals surface area contributed by atoms with E-state index in [1.54, 1.807) is 6.20 Å². The molecule has 0 aliphatic rings. The van der Waals surface area contributed by atoms with E-state index in [9.17, 15) is 9.59 Å². The van der Waals surface area contributed by atoms with Crippen LogP contribution in [0.25, 0.3) is 0 Å².